The molecule has 0 spiro atoms. The van der Waals surface area contributed by atoms with Gasteiger partial charge in [-0.05, 0) is 23.6 Å². The maximum atomic E-state index is 5.72. The van der Waals surface area contributed by atoms with Gasteiger partial charge in [-0.3, -0.25) is 0 Å². The maximum absolute atomic E-state index is 5.72. The predicted octanol–water partition coefficient (Wildman–Crippen LogP) is 2.76. The van der Waals surface area contributed by atoms with Crippen molar-refractivity contribution in [3.05, 3.63) is 36.0 Å². The summed E-state index contributed by atoms with van der Waals surface area (Å²) in [5.41, 5.74) is 8.25. The van der Waals surface area contributed by atoms with Crippen molar-refractivity contribution in [1.82, 2.24) is 4.57 Å². The molecule has 0 bridgehead atoms. The molecule has 1 aromatic heterocycles. The van der Waals surface area contributed by atoms with Gasteiger partial charge in [0.15, 0.2) is 0 Å². The number of rotatable bonds is 3. The zero-order valence-corrected chi connectivity index (χ0v) is 9.40. The third-order valence-electron chi connectivity index (χ3n) is 2.69. The minimum atomic E-state index is 0.614. The Labute approximate surface area is 90.7 Å². The van der Waals surface area contributed by atoms with Gasteiger partial charge >= 0.3 is 0 Å². The second-order valence-corrected chi connectivity index (χ2v) is 4.42. The first-order valence-corrected chi connectivity index (χ1v) is 5.49. The number of nitrogens with zero attached hydrogens (tertiary/aromatic N) is 1. The van der Waals surface area contributed by atoms with E-state index in [0.29, 0.717) is 12.5 Å². The van der Waals surface area contributed by atoms with Crippen LogP contribution in [0.3, 0.4) is 0 Å². The summed E-state index contributed by atoms with van der Waals surface area (Å²) in [6.07, 6.45) is 2.16. The van der Waals surface area contributed by atoms with Gasteiger partial charge in [-0.25, -0.2) is 0 Å². The molecule has 2 rings (SSSR count). The first kappa shape index (κ1) is 10.2. The van der Waals surface area contributed by atoms with Gasteiger partial charge in [0.25, 0.3) is 0 Å². The number of hydrogen-bond acceptors (Lipinski definition) is 1. The molecule has 2 heteroatoms. The molecule has 0 saturated heterocycles. The van der Waals surface area contributed by atoms with Crippen molar-refractivity contribution in [1.29, 1.82) is 0 Å². The molecular weight excluding hydrogens is 184 g/mol. The number of hydrogen-bond donors (Lipinski definition) is 1. The smallest absolute Gasteiger partial charge is 0.0483 e. The Hall–Kier alpha value is -1.28. The Balaban J connectivity index is 2.51. The zero-order chi connectivity index (χ0) is 10.8. The van der Waals surface area contributed by atoms with Crippen molar-refractivity contribution in [3.8, 4) is 0 Å². The van der Waals surface area contributed by atoms with Crippen molar-refractivity contribution >= 4 is 10.9 Å². The highest BCUT2D eigenvalue weighted by molar-refractivity contribution is 5.83. The van der Waals surface area contributed by atoms with E-state index in [2.05, 4.69) is 48.9 Å². The van der Waals surface area contributed by atoms with Crippen LogP contribution in [0.2, 0.25) is 0 Å². The predicted molar refractivity (Wildman–Crippen MR) is 64.7 cm³/mol. The summed E-state index contributed by atoms with van der Waals surface area (Å²) in [6, 6.07) is 8.51. The molecular formula is C13H18N2. The molecule has 2 nitrogen and oxygen atoms in total. The lowest BCUT2D eigenvalue weighted by Crippen LogP contribution is -2.03. The van der Waals surface area contributed by atoms with E-state index >= 15 is 0 Å². The number of fused-ring (bicyclic) bond motifs is 1. The van der Waals surface area contributed by atoms with Crippen LogP contribution in [0.4, 0.5) is 0 Å². The summed E-state index contributed by atoms with van der Waals surface area (Å²) in [4.78, 5) is 0. The van der Waals surface area contributed by atoms with E-state index in [4.69, 9.17) is 5.73 Å². The van der Waals surface area contributed by atoms with Crippen molar-refractivity contribution in [2.24, 2.45) is 11.7 Å². The summed E-state index contributed by atoms with van der Waals surface area (Å²) in [5.74, 6) is 0.669. The van der Waals surface area contributed by atoms with Crippen LogP contribution in [-0.2, 0) is 13.1 Å². The van der Waals surface area contributed by atoms with E-state index < -0.39 is 0 Å². The molecule has 0 radical (unpaired) electrons. The quantitative estimate of drug-likeness (QED) is 0.815. The fraction of sp³-hybridized carbons (Fsp3) is 0.385. The lowest BCUT2D eigenvalue weighted by atomic mass is 10.1. The molecule has 1 heterocycles. The van der Waals surface area contributed by atoms with E-state index in [-0.39, 0.29) is 0 Å². The zero-order valence-electron chi connectivity index (χ0n) is 9.40. The normalized spacial score (nSPS) is 11.5. The fourth-order valence-electron chi connectivity index (χ4n) is 2.02. The molecule has 2 N–H and O–H groups in total. The largest absolute Gasteiger partial charge is 0.347 e. The van der Waals surface area contributed by atoms with Crippen LogP contribution in [0.25, 0.3) is 10.9 Å². The minimum absolute atomic E-state index is 0.614. The number of aromatic nitrogens is 1. The summed E-state index contributed by atoms with van der Waals surface area (Å²) in [7, 11) is 0. The highest BCUT2D eigenvalue weighted by Gasteiger charge is 2.05. The standard InChI is InChI=1S/C13H18N2/c1-10(2)9-15-7-6-12-11(8-14)4-3-5-13(12)15/h3-7,10H,8-9,14H2,1-2H3. The summed E-state index contributed by atoms with van der Waals surface area (Å²) >= 11 is 0. The average Bonchev–Trinajstić information content (AvgIpc) is 2.61. The monoisotopic (exact) mass is 202 g/mol. The molecule has 2 aromatic rings. The third-order valence-corrected chi connectivity index (χ3v) is 2.69. The molecule has 0 aliphatic carbocycles. The van der Waals surface area contributed by atoms with Crippen molar-refractivity contribution < 1.29 is 0 Å². The van der Waals surface area contributed by atoms with Gasteiger partial charge in [0, 0.05) is 30.2 Å². The SMILES string of the molecule is CC(C)Cn1ccc2c(CN)cccc21. The van der Waals surface area contributed by atoms with Gasteiger partial charge in [0.2, 0.25) is 0 Å². The van der Waals surface area contributed by atoms with E-state index in [1.165, 1.54) is 16.5 Å². The van der Waals surface area contributed by atoms with Crippen LogP contribution < -0.4 is 5.73 Å². The summed E-state index contributed by atoms with van der Waals surface area (Å²) in [5, 5.41) is 1.29. The van der Waals surface area contributed by atoms with E-state index in [1.54, 1.807) is 0 Å². The fourth-order valence-corrected chi connectivity index (χ4v) is 2.02. The first-order chi connectivity index (χ1) is 7.22. The lowest BCUT2D eigenvalue weighted by Gasteiger charge is -2.08. The topological polar surface area (TPSA) is 30.9 Å². The molecule has 0 aliphatic rings. The van der Waals surface area contributed by atoms with Gasteiger partial charge in [0.05, 0.1) is 0 Å². The van der Waals surface area contributed by atoms with Gasteiger partial charge in [0.1, 0.15) is 0 Å². The lowest BCUT2D eigenvalue weighted by molar-refractivity contribution is 0.535. The molecule has 0 saturated carbocycles. The van der Waals surface area contributed by atoms with E-state index in [0.717, 1.165) is 6.54 Å². The van der Waals surface area contributed by atoms with Crippen molar-refractivity contribution in [2.75, 3.05) is 0 Å². The van der Waals surface area contributed by atoms with Gasteiger partial charge in [-0.1, -0.05) is 26.0 Å². The second-order valence-electron chi connectivity index (χ2n) is 4.42. The maximum Gasteiger partial charge on any atom is 0.0483 e. The van der Waals surface area contributed by atoms with Crippen LogP contribution in [0.15, 0.2) is 30.5 Å². The Bertz CT molecular complexity index is 455. The first-order valence-electron chi connectivity index (χ1n) is 5.49. The number of benzene rings is 1. The minimum Gasteiger partial charge on any atom is -0.347 e. The molecule has 0 amide bonds. The third kappa shape index (κ3) is 1.90. The summed E-state index contributed by atoms with van der Waals surface area (Å²) < 4.78 is 2.30. The van der Waals surface area contributed by atoms with Crippen LogP contribution >= 0.6 is 0 Å². The van der Waals surface area contributed by atoms with E-state index in [9.17, 15) is 0 Å². The molecule has 0 atom stereocenters. The molecule has 0 fully saturated rings. The Morgan fingerprint density at radius 3 is 2.73 bits per heavy atom. The van der Waals surface area contributed by atoms with Crippen LogP contribution in [-0.4, -0.2) is 4.57 Å². The Morgan fingerprint density at radius 2 is 2.07 bits per heavy atom. The van der Waals surface area contributed by atoms with Crippen molar-refractivity contribution in [2.45, 2.75) is 26.9 Å². The molecule has 80 valence electrons. The molecule has 0 aliphatic heterocycles. The second kappa shape index (κ2) is 4.07. The molecule has 1 aromatic carbocycles. The molecule has 15 heavy (non-hydrogen) atoms. The van der Waals surface area contributed by atoms with Gasteiger partial charge < -0.3 is 10.3 Å². The Kier molecular flexibility index (Phi) is 2.78. The van der Waals surface area contributed by atoms with Crippen LogP contribution in [0.1, 0.15) is 19.4 Å². The number of nitrogens with two attached hydrogens (primary N) is 1. The summed E-state index contributed by atoms with van der Waals surface area (Å²) in [6.45, 7) is 6.15. The highest BCUT2D eigenvalue weighted by Crippen LogP contribution is 2.20. The van der Waals surface area contributed by atoms with Crippen LogP contribution in [0.5, 0.6) is 0 Å². The Morgan fingerprint density at radius 1 is 1.27 bits per heavy atom. The van der Waals surface area contributed by atoms with Crippen LogP contribution in [0, 0.1) is 5.92 Å². The average molecular weight is 202 g/mol. The van der Waals surface area contributed by atoms with Gasteiger partial charge in [-0.15, -0.1) is 0 Å². The van der Waals surface area contributed by atoms with Crippen molar-refractivity contribution in [3.63, 3.8) is 0 Å². The van der Waals surface area contributed by atoms with Gasteiger partial charge in [-0.2, -0.15) is 0 Å². The highest BCUT2D eigenvalue weighted by atomic mass is 15.0. The van der Waals surface area contributed by atoms with E-state index in [1.807, 2.05) is 0 Å². The molecule has 0 unspecified atom stereocenters.